The molecule has 3 saturated heterocycles. The van der Waals surface area contributed by atoms with Gasteiger partial charge in [-0.05, 0) is 221 Å². The van der Waals surface area contributed by atoms with E-state index in [0.717, 1.165) is 135 Å². The zero-order valence-corrected chi connectivity index (χ0v) is 85.7. The lowest BCUT2D eigenvalue weighted by Crippen LogP contribution is -2.58. The number of hydrogen-bond acceptors (Lipinski definition) is 25. The normalized spacial score (nSPS) is 21.9. The summed E-state index contributed by atoms with van der Waals surface area (Å²) in [6, 6.07) is 7.88. The summed E-state index contributed by atoms with van der Waals surface area (Å²) in [6.07, 6.45) is 15.7. The molecule has 8 aliphatic rings. The molecule has 5 aliphatic carbocycles. The molecule has 9 atom stereocenters. The van der Waals surface area contributed by atoms with Gasteiger partial charge in [0.2, 0.25) is 27.7 Å². The smallest absolute Gasteiger partial charge is 0.318 e. The highest BCUT2D eigenvalue weighted by Gasteiger charge is 2.44. The third-order valence-corrected chi connectivity index (χ3v) is 31.9. The quantitative estimate of drug-likeness (QED) is 0.0191. The van der Waals surface area contributed by atoms with Crippen molar-refractivity contribution in [2.75, 3.05) is 112 Å². The Morgan fingerprint density at radius 2 is 0.711 bits per heavy atom. The van der Waals surface area contributed by atoms with Gasteiger partial charge in [0, 0.05) is 135 Å². The Morgan fingerprint density at radius 3 is 0.993 bits per heavy atom. The van der Waals surface area contributed by atoms with Gasteiger partial charge in [-0.15, -0.1) is 0 Å². The standard InChI is InChI=1S/C36H52FN7O5.C34H48FN7O5.C32H47FN6O6S/c1-6-29-33(41-49-40-29)34(46)38-32(24-12-10-22(2)11-13-24)30(45)21-26-15-14-25(20-28(26)37)23(3)31(35(47)44-18-16-42(4)17-19-44)39-36(48)43(5)27-8-7-9-27;1-5-27-31(40-47-39-27)32(44)37-30(22-8-6-20(2)7-9-22)28(43)19-24-11-10-23(18-26(24)35)21(3)29(38-34(46)36-25-12-13-25)33(45)42-16-14-41(4)15-17-42;1-6-26-30(36-45-35-26)31(41)34-29(22-10-8-20(3)9-11-22)27(40)19-24-13-12-23(18-25(24)33)21(4)28(37-46(43,44)7-2)32(42)39-16-14-38(5)15-17-39/h14-15,20,22-24,27,31-32H,6-13,16-19,21H2,1-5H3,(H,38,46)(H,39,48);10-11,18,20-22,25,29-30H,5-9,12-17,19H2,1-4H3,(H,37,44)(H2,36,38,46);12-13,18,20-22,28-29,37H,6-11,14-17,19H2,1-5H3,(H,34,41)/t22?,23-,24?,31+,32-;20?,21-,22?,29+,30-;20?,21-,22?,28+,29-/m000/s1. The third kappa shape index (κ3) is 29.2. The Labute approximate surface area is 831 Å². The molecule has 0 bridgehead atoms. The van der Waals surface area contributed by atoms with Crippen LogP contribution >= 0.6 is 0 Å². The minimum Gasteiger partial charge on any atom is -0.340 e. The zero-order valence-electron chi connectivity index (χ0n) is 84.9. The Morgan fingerprint density at radius 1 is 0.408 bits per heavy atom. The number of urea groups is 2. The lowest BCUT2D eigenvalue weighted by Gasteiger charge is -2.39. The summed E-state index contributed by atoms with van der Waals surface area (Å²) in [4.78, 5) is 161. The van der Waals surface area contributed by atoms with Gasteiger partial charge < -0.3 is 66.2 Å². The zero-order chi connectivity index (χ0) is 103. The van der Waals surface area contributed by atoms with E-state index in [1.54, 1.807) is 70.8 Å². The number of carbonyl (C=O) groups excluding carboxylic acids is 11. The summed E-state index contributed by atoms with van der Waals surface area (Å²) in [5.41, 5.74) is 3.42. The number of piperazine rings is 3. The van der Waals surface area contributed by atoms with Crippen LogP contribution in [0, 0.1) is 53.0 Å². The molecule has 5 saturated carbocycles. The molecule has 0 radical (unpaired) electrons. The van der Waals surface area contributed by atoms with Crippen LogP contribution in [0.3, 0.4) is 0 Å². The molecule has 0 unspecified atom stereocenters. The lowest BCUT2D eigenvalue weighted by molar-refractivity contribution is -0.136. The molecule has 3 aromatic carbocycles. The van der Waals surface area contributed by atoms with Crippen LogP contribution in [0.1, 0.15) is 278 Å². The Bertz CT molecular complexity index is 5430. The van der Waals surface area contributed by atoms with Gasteiger partial charge in [0.25, 0.3) is 17.7 Å². The van der Waals surface area contributed by atoms with E-state index >= 15 is 13.2 Å². The van der Waals surface area contributed by atoms with Crippen LogP contribution in [0.2, 0.25) is 0 Å². The van der Waals surface area contributed by atoms with Crippen molar-refractivity contribution in [2.24, 2.45) is 35.5 Å². The maximum Gasteiger partial charge on any atom is 0.318 e. The number of carbonyl (C=O) groups is 11. The molecule has 0 spiro atoms. The first-order valence-corrected chi connectivity index (χ1v) is 52.8. The fourth-order valence-electron chi connectivity index (χ4n) is 20.0. The van der Waals surface area contributed by atoms with Crippen molar-refractivity contribution >= 4 is 74.9 Å². The maximum absolute atomic E-state index is 15.9. The molecule has 3 aromatic heterocycles. The van der Waals surface area contributed by atoms with Gasteiger partial charge in [-0.1, -0.05) is 153 Å². The number of halogens is 3. The average Bonchev–Trinajstić information content (AvgIpc) is 1.05. The number of benzene rings is 3. The van der Waals surface area contributed by atoms with E-state index in [9.17, 15) is 61.2 Å². The number of aromatic nitrogens is 6. The highest BCUT2D eigenvalue weighted by atomic mass is 32.2. The molecule has 7 N–H and O–H groups in total. The Kier molecular flexibility index (Phi) is 39.4. The summed E-state index contributed by atoms with van der Waals surface area (Å²) in [5, 5.41) is 39.9. The van der Waals surface area contributed by atoms with E-state index in [1.165, 1.54) is 31.2 Å². The molecule has 6 heterocycles. The minimum atomic E-state index is -3.75. The SMILES string of the molecule is CCc1nonc1C(=O)N[C@H](C(=O)Cc1ccc([C@H](C)[C@@H](NC(=O)N(C)C2CCC2)C(=O)N2CCN(C)CC2)cc1F)C1CCC(C)CC1.CCc1nonc1C(=O)N[C@H](C(=O)Cc1ccc([C@H](C)[C@@H](NC(=O)NC2CC2)C(=O)N2CCN(C)CC2)cc1F)C1CCC(C)CC1.CCc1nonc1C(=O)N[C@H](C(=O)Cc1ccc([C@H](C)[C@@H](NS(=O)(=O)CC)C(=O)N2CCN(C)CC2)cc1F)C1CCC(C)CC1. The van der Waals surface area contributed by atoms with Crippen LogP contribution in [-0.2, 0) is 77.3 Å². The first-order valence-electron chi connectivity index (χ1n) is 51.2. The van der Waals surface area contributed by atoms with Gasteiger partial charge in [-0.3, -0.25) is 43.2 Å². The molecule has 778 valence electrons. The van der Waals surface area contributed by atoms with Crippen molar-refractivity contribution < 1.29 is 88.2 Å². The van der Waals surface area contributed by atoms with Crippen LogP contribution in [-0.4, -0.2) is 299 Å². The number of likely N-dealkylation sites (N-methyl/N-ethyl adjacent to an activating group) is 3. The number of nitrogens with zero attached hydrogens (tertiary/aromatic N) is 13. The molecule has 36 nitrogen and oxygen atoms in total. The number of nitrogens with one attached hydrogen (secondary N) is 7. The largest absolute Gasteiger partial charge is 0.340 e. The van der Waals surface area contributed by atoms with Crippen molar-refractivity contribution in [1.29, 1.82) is 0 Å². The molecule has 8 fully saturated rings. The van der Waals surface area contributed by atoms with Gasteiger partial charge in [0.15, 0.2) is 34.4 Å². The summed E-state index contributed by atoms with van der Waals surface area (Å²) < 4.78 is 89.3. The monoisotopic (exact) mass is 2000 g/mol. The number of rotatable bonds is 37. The molecule has 142 heavy (non-hydrogen) atoms. The molecule has 40 heteroatoms. The van der Waals surface area contributed by atoms with Crippen molar-refractivity contribution in [2.45, 2.75) is 283 Å². The number of sulfonamides is 1. The van der Waals surface area contributed by atoms with Crippen molar-refractivity contribution in [3.63, 3.8) is 0 Å². The van der Waals surface area contributed by atoms with E-state index < -0.39 is 105 Å². The molecule has 14 rings (SSSR count). The summed E-state index contributed by atoms with van der Waals surface area (Å²) in [5.74, 6) is -5.65. The van der Waals surface area contributed by atoms with Crippen LogP contribution in [0.25, 0.3) is 0 Å². The molecule has 10 amide bonds. The van der Waals surface area contributed by atoms with E-state index in [1.807, 2.05) is 48.8 Å². The second kappa shape index (κ2) is 51.0. The van der Waals surface area contributed by atoms with Crippen LogP contribution in [0.15, 0.2) is 68.5 Å². The van der Waals surface area contributed by atoms with Crippen molar-refractivity contribution in [3.8, 4) is 0 Å². The fourth-order valence-corrected chi connectivity index (χ4v) is 20.9. The van der Waals surface area contributed by atoms with E-state index in [2.05, 4.69) is 103 Å². The molecular formula is C102H147F3N20O16S. The molecular weight excluding hydrogens is 1850 g/mol. The summed E-state index contributed by atoms with van der Waals surface area (Å²) >= 11 is 0. The third-order valence-electron chi connectivity index (χ3n) is 30.6. The first kappa shape index (κ1) is 110. The van der Waals surface area contributed by atoms with Gasteiger partial charge in [0.1, 0.15) is 52.7 Å². The van der Waals surface area contributed by atoms with Gasteiger partial charge in [0.05, 0.1) is 23.9 Å². The number of hydrogen-bond donors (Lipinski definition) is 7. The Hall–Kier alpha value is -11.0. The fraction of sp³-hybridized carbons (Fsp3) is 0.657. The maximum atomic E-state index is 15.9. The van der Waals surface area contributed by atoms with Crippen molar-refractivity contribution in [3.05, 3.63) is 140 Å². The highest BCUT2D eigenvalue weighted by molar-refractivity contribution is 7.89. The van der Waals surface area contributed by atoms with Crippen molar-refractivity contribution in [1.82, 2.24) is 102 Å². The van der Waals surface area contributed by atoms with Crippen LogP contribution in [0.4, 0.5) is 22.8 Å². The predicted octanol–water partition coefficient (Wildman–Crippen LogP) is 9.86. The van der Waals surface area contributed by atoms with E-state index in [4.69, 9.17) is 13.9 Å². The highest BCUT2D eigenvalue weighted by Crippen LogP contribution is 2.38. The number of amides is 10. The Balaban J connectivity index is 0.000000190. The van der Waals surface area contributed by atoms with E-state index in [0.29, 0.717) is 123 Å². The minimum absolute atomic E-state index is 0.0355. The molecule has 6 aromatic rings. The van der Waals surface area contributed by atoms with Gasteiger partial charge in [-0.2, -0.15) is 0 Å². The topological polar surface area (TPSA) is 446 Å². The van der Waals surface area contributed by atoms with Crippen LogP contribution < -0.4 is 36.6 Å². The predicted molar refractivity (Wildman–Crippen MR) is 524 cm³/mol. The second-order valence-electron chi connectivity index (χ2n) is 40.9. The number of Topliss-reactive ketones (excluding diaryl/α,β-unsaturated/α-hetero) is 3. The van der Waals surface area contributed by atoms with E-state index in [-0.39, 0.29) is 130 Å². The summed E-state index contributed by atoms with van der Waals surface area (Å²) in [6.45, 7) is 26.2. The second-order valence-corrected chi connectivity index (χ2v) is 42.9. The lowest BCUT2D eigenvalue weighted by atomic mass is 9.77. The number of ketones is 3. The first-order chi connectivity index (χ1) is 67.8. The number of aryl methyl sites for hydroxylation is 3. The van der Waals surface area contributed by atoms with Gasteiger partial charge >= 0.3 is 12.1 Å². The average molecular weight is 2000 g/mol. The van der Waals surface area contributed by atoms with Crippen LogP contribution in [0.5, 0.6) is 0 Å². The van der Waals surface area contributed by atoms with Gasteiger partial charge in [-0.25, -0.2) is 49.8 Å². The molecule has 3 aliphatic heterocycles. The summed E-state index contributed by atoms with van der Waals surface area (Å²) in [7, 11) is 3.97.